The van der Waals surface area contributed by atoms with Gasteiger partial charge >= 0.3 is 5.97 Å². The third-order valence-corrected chi connectivity index (χ3v) is 4.75. The molecule has 0 aliphatic carbocycles. The number of carbonyl (C=O) groups excluding carboxylic acids is 2. The first-order chi connectivity index (χ1) is 13.5. The normalized spacial score (nSPS) is 12.1. The Morgan fingerprint density at radius 2 is 2.00 bits per heavy atom. The van der Waals surface area contributed by atoms with Crippen molar-refractivity contribution >= 4 is 40.7 Å². The van der Waals surface area contributed by atoms with Crippen LogP contribution in [0.15, 0.2) is 35.1 Å². The molecule has 0 aliphatic heterocycles. The number of nitrogens with one attached hydrogen (secondary N) is 2. The Balaban J connectivity index is 2.41. The van der Waals surface area contributed by atoms with Crippen LogP contribution in [0.5, 0.6) is 0 Å². The van der Waals surface area contributed by atoms with E-state index < -0.39 is 11.9 Å². The highest BCUT2D eigenvalue weighted by Crippen LogP contribution is 2.04. The third-order valence-electron chi connectivity index (χ3n) is 3.62. The molecule has 0 spiro atoms. The molecule has 1 heterocycles. The summed E-state index contributed by atoms with van der Waals surface area (Å²) in [6.45, 7) is 3.53. The second kappa shape index (κ2) is 10.1. The van der Waals surface area contributed by atoms with E-state index in [4.69, 9.17) is 4.74 Å². The lowest BCUT2D eigenvalue weighted by Gasteiger charge is -2.04. The van der Waals surface area contributed by atoms with Crippen molar-refractivity contribution in [2.24, 2.45) is 0 Å². The van der Waals surface area contributed by atoms with Gasteiger partial charge in [-0.15, -0.1) is 11.3 Å². The van der Waals surface area contributed by atoms with Crippen LogP contribution in [0.25, 0.3) is 11.8 Å². The van der Waals surface area contributed by atoms with E-state index in [9.17, 15) is 19.6 Å². The summed E-state index contributed by atoms with van der Waals surface area (Å²) in [6, 6.07) is 11.1. The van der Waals surface area contributed by atoms with Crippen molar-refractivity contribution in [3.63, 3.8) is 0 Å². The van der Waals surface area contributed by atoms with E-state index in [2.05, 4.69) is 10.6 Å². The van der Waals surface area contributed by atoms with Crippen molar-refractivity contribution in [3.05, 3.63) is 49.9 Å². The number of thiazole rings is 1. The van der Waals surface area contributed by atoms with Gasteiger partial charge in [0.2, 0.25) is 0 Å². The summed E-state index contributed by atoms with van der Waals surface area (Å²) in [7, 11) is 0. The van der Waals surface area contributed by atoms with Crippen LogP contribution in [-0.2, 0) is 20.9 Å². The number of para-hydroxylation sites is 1. The first-order valence-corrected chi connectivity index (χ1v) is 9.43. The zero-order chi connectivity index (χ0) is 20.5. The van der Waals surface area contributed by atoms with E-state index in [-0.39, 0.29) is 28.9 Å². The first kappa shape index (κ1) is 20.9. The summed E-state index contributed by atoms with van der Waals surface area (Å²) in [5.74, 6) is -1.34. The average molecular weight is 400 g/mol. The van der Waals surface area contributed by atoms with Crippen molar-refractivity contribution in [2.45, 2.75) is 20.4 Å². The minimum absolute atomic E-state index is 0.192. The molecule has 0 bridgehead atoms. The molecule has 1 amide bonds. The number of nitriles is 1. The van der Waals surface area contributed by atoms with Gasteiger partial charge in [-0.25, -0.2) is 0 Å². The summed E-state index contributed by atoms with van der Waals surface area (Å²) >= 11 is 1.03. The number of hydrogen-bond donors (Lipinski definition) is 2. The minimum Gasteiger partial charge on any atom is -0.465 e. The van der Waals surface area contributed by atoms with Gasteiger partial charge in [0.25, 0.3) is 11.5 Å². The molecule has 146 valence electrons. The fourth-order valence-electron chi connectivity index (χ4n) is 2.32. The third kappa shape index (κ3) is 5.08. The van der Waals surface area contributed by atoms with E-state index in [0.717, 1.165) is 17.0 Å². The average Bonchev–Trinajstić information content (AvgIpc) is 3.01. The molecule has 9 heteroatoms. The lowest BCUT2D eigenvalue weighted by Crippen LogP contribution is -2.36. The van der Waals surface area contributed by atoms with Crippen LogP contribution in [0.2, 0.25) is 0 Å². The Morgan fingerprint density at radius 3 is 2.61 bits per heavy atom. The van der Waals surface area contributed by atoms with E-state index in [1.54, 1.807) is 20.0 Å². The number of benzene rings is 1. The van der Waals surface area contributed by atoms with Crippen LogP contribution < -0.4 is 25.4 Å². The van der Waals surface area contributed by atoms with E-state index in [1.807, 2.05) is 36.4 Å². The summed E-state index contributed by atoms with van der Waals surface area (Å²) in [4.78, 5) is 36.3. The molecule has 2 rings (SSSR count). The molecule has 0 aliphatic rings. The lowest BCUT2D eigenvalue weighted by molar-refractivity contribution is -0.143. The Kier molecular flexibility index (Phi) is 7.54. The number of carbonyl (C=O) groups is 2. The Labute approximate surface area is 165 Å². The summed E-state index contributed by atoms with van der Waals surface area (Å²) < 4.78 is 6.68. The van der Waals surface area contributed by atoms with E-state index in [0.29, 0.717) is 11.1 Å². The molecule has 0 atom stereocenters. The van der Waals surface area contributed by atoms with Gasteiger partial charge in [0.1, 0.15) is 21.8 Å². The van der Waals surface area contributed by atoms with Gasteiger partial charge in [-0.3, -0.25) is 19.0 Å². The van der Waals surface area contributed by atoms with Crippen LogP contribution in [0.1, 0.15) is 13.8 Å². The van der Waals surface area contributed by atoms with Crippen LogP contribution in [0.3, 0.4) is 0 Å². The fourth-order valence-corrected chi connectivity index (χ4v) is 3.41. The molecule has 0 unspecified atom stereocenters. The predicted octanol–water partition coefficient (Wildman–Crippen LogP) is 0.133. The molecular weight excluding hydrogens is 380 g/mol. The van der Waals surface area contributed by atoms with Crippen molar-refractivity contribution in [3.8, 4) is 6.07 Å². The standard InChI is InChI=1S/C19H20N4O4S/c1-3-23-18(26)15(11-21-13-8-6-5-7-9-13)28-19(23)14(10-20)17(25)22-12-16(24)27-4-2/h5-9,11,21H,3-4,12H2,1-2H3,(H,22,25)/b15-11-,19-14-. The summed E-state index contributed by atoms with van der Waals surface area (Å²) in [5, 5.41) is 14.8. The van der Waals surface area contributed by atoms with E-state index >= 15 is 0 Å². The Morgan fingerprint density at radius 1 is 1.29 bits per heavy atom. The number of anilines is 1. The zero-order valence-corrected chi connectivity index (χ0v) is 16.3. The summed E-state index contributed by atoms with van der Waals surface area (Å²) in [6.07, 6.45) is 1.55. The molecule has 2 aromatic rings. The number of ether oxygens (including phenoxy) is 1. The maximum Gasteiger partial charge on any atom is 0.325 e. The monoisotopic (exact) mass is 400 g/mol. The highest BCUT2D eigenvalue weighted by Gasteiger charge is 2.16. The van der Waals surface area contributed by atoms with Crippen LogP contribution in [0.4, 0.5) is 5.69 Å². The topological polar surface area (TPSA) is 113 Å². The molecule has 0 radical (unpaired) electrons. The van der Waals surface area contributed by atoms with E-state index in [1.165, 1.54) is 4.57 Å². The molecule has 0 fully saturated rings. The van der Waals surface area contributed by atoms with Gasteiger partial charge in [0.15, 0.2) is 5.57 Å². The predicted molar refractivity (Wildman–Crippen MR) is 107 cm³/mol. The quantitative estimate of drug-likeness (QED) is 0.639. The fraction of sp³-hybridized carbons (Fsp3) is 0.263. The second-order valence-electron chi connectivity index (χ2n) is 5.45. The van der Waals surface area contributed by atoms with Gasteiger partial charge in [-0.05, 0) is 26.0 Å². The molecule has 1 aromatic heterocycles. The number of rotatable bonds is 7. The van der Waals surface area contributed by atoms with Gasteiger partial charge in [-0.1, -0.05) is 18.2 Å². The highest BCUT2D eigenvalue weighted by molar-refractivity contribution is 7.07. The SMILES string of the molecule is CCOC(=O)CNC(=O)/C(C#N)=c1\s/c(=C\Nc2ccccc2)c(=O)n1CC. The number of amides is 1. The maximum atomic E-state index is 12.6. The van der Waals surface area contributed by atoms with Crippen molar-refractivity contribution < 1.29 is 14.3 Å². The Hall–Kier alpha value is -3.38. The highest BCUT2D eigenvalue weighted by atomic mass is 32.1. The Bertz CT molecular complexity index is 1060. The number of aromatic nitrogens is 1. The van der Waals surface area contributed by atoms with Crippen molar-refractivity contribution in [1.29, 1.82) is 5.26 Å². The first-order valence-electron chi connectivity index (χ1n) is 8.61. The second-order valence-corrected chi connectivity index (χ2v) is 6.48. The largest absolute Gasteiger partial charge is 0.465 e. The molecule has 8 nitrogen and oxygen atoms in total. The van der Waals surface area contributed by atoms with Crippen LogP contribution >= 0.6 is 11.3 Å². The number of esters is 1. The zero-order valence-electron chi connectivity index (χ0n) is 15.5. The molecule has 0 saturated carbocycles. The van der Waals surface area contributed by atoms with Gasteiger partial charge in [0, 0.05) is 18.4 Å². The van der Waals surface area contributed by atoms with Gasteiger partial charge < -0.3 is 15.4 Å². The van der Waals surface area contributed by atoms with Gasteiger partial charge in [0.05, 0.1) is 6.61 Å². The molecule has 0 saturated heterocycles. The minimum atomic E-state index is -0.735. The van der Waals surface area contributed by atoms with Crippen LogP contribution in [-0.4, -0.2) is 29.6 Å². The molecular formula is C19H20N4O4S. The number of hydrogen-bond acceptors (Lipinski definition) is 7. The lowest BCUT2D eigenvalue weighted by atomic mass is 10.3. The van der Waals surface area contributed by atoms with Crippen molar-refractivity contribution in [2.75, 3.05) is 18.5 Å². The van der Waals surface area contributed by atoms with Gasteiger partial charge in [-0.2, -0.15) is 5.26 Å². The smallest absolute Gasteiger partial charge is 0.325 e. The molecule has 28 heavy (non-hydrogen) atoms. The number of nitrogens with zero attached hydrogens (tertiary/aromatic N) is 2. The van der Waals surface area contributed by atoms with Crippen molar-refractivity contribution in [1.82, 2.24) is 9.88 Å². The molecule has 1 aromatic carbocycles. The summed E-state index contributed by atoms with van der Waals surface area (Å²) in [5.41, 5.74) is 0.265. The maximum absolute atomic E-state index is 12.6. The van der Waals surface area contributed by atoms with Crippen LogP contribution in [0, 0.1) is 11.3 Å². The molecule has 2 N–H and O–H groups in total.